The van der Waals surface area contributed by atoms with Crippen LogP contribution in [-0.4, -0.2) is 22.2 Å². The second-order valence-electron chi connectivity index (χ2n) is 2.77. The number of nitrogen functional groups attached to an aromatic ring is 1. The minimum absolute atomic E-state index is 0.0935. The van der Waals surface area contributed by atoms with E-state index in [1.54, 1.807) is 0 Å². The van der Waals surface area contributed by atoms with Gasteiger partial charge in [-0.3, -0.25) is 0 Å². The average molecular weight is 196 g/mol. The number of anilines is 1. The molecule has 0 saturated carbocycles. The van der Waals surface area contributed by atoms with Gasteiger partial charge in [-0.1, -0.05) is 0 Å². The molecule has 0 atom stereocenters. The Balaban J connectivity index is 2.70. The van der Waals surface area contributed by atoms with Crippen molar-refractivity contribution >= 4 is 29.7 Å². The number of rotatable bonds is 1. The van der Waals surface area contributed by atoms with Crippen molar-refractivity contribution in [3.8, 4) is 0 Å². The fourth-order valence-corrected chi connectivity index (χ4v) is 1.18. The molecular weight excluding hydrogens is 190 g/mol. The Bertz CT molecular complexity index is 485. The van der Waals surface area contributed by atoms with E-state index < -0.39 is 12.9 Å². The number of benzene rings is 1. The predicted molar refractivity (Wildman–Crippen MR) is 48.2 cm³/mol. The Kier molecular flexibility index (Phi) is 1.90. The smallest absolute Gasteiger partial charge is 0.424 e. The third-order valence-corrected chi connectivity index (χ3v) is 1.80. The predicted octanol–water partition coefficient (Wildman–Crippen LogP) is -0.771. The fraction of sp³-hybridized carbons (Fsp3) is 0. The number of halogens is 1. The Morgan fingerprint density at radius 3 is 2.79 bits per heavy atom. The van der Waals surface area contributed by atoms with E-state index in [-0.39, 0.29) is 22.6 Å². The largest absolute Gasteiger partial charge is 0.491 e. The number of hydrogen-bond donors (Lipinski definition) is 3. The summed E-state index contributed by atoms with van der Waals surface area (Å²) < 4.78 is 18.0. The normalized spacial score (nSPS) is 10.8. The number of fused-ring (bicyclic) bond motifs is 1. The molecule has 0 saturated heterocycles. The van der Waals surface area contributed by atoms with Crippen LogP contribution in [0.3, 0.4) is 0 Å². The molecule has 1 heterocycles. The van der Waals surface area contributed by atoms with Crippen LogP contribution < -0.4 is 11.2 Å². The van der Waals surface area contributed by atoms with Crippen molar-refractivity contribution in [1.82, 2.24) is 4.98 Å². The van der Waals surface area contributed by atoms with Gasteiger partial charge in [-0.2, -0.15) is 4.98 Å². The van der Waals surface area contributed by atoms with Crippen molar-refractivity contribution in [1.29, 1.82) is 0 Å². The molecular formula is C7H6BFN2O3. The summed E-state index contributed by atoms with van der Waals surface area (Å²) in [4.78, 5) is 3.72. The monoisotopic (exact) mass is 196 g/mol. The molecule has 0 bridgehead atoms. The Morgan fingerprint density at radius 1 is 1.43 bits per heavy atom. The molecule has 0 fully saturated rings. The zero-order valence-corrected chi connectivity index (χ0v) is 6.94. The van der Waals surface area contributed by atoms with Crippen LogP contribution in [0.2, 0.25) is 0 Å². The number of aromatic nitrogens is 1. The van der Waals surface area contributed by atoms with Crippen LogP contribution in [0.4, 0.5) is 10.4 Å². The lowest BCUT2D eigenvalue weighted by atomic mass is 9.80. The van der Waals surface area contributed by atoms with Crippen molar-refractivity contribution in [2.24, 2.45) is 0 Å². The quantitative estimate of drug-likeness (QED) is 0.520. The first-order valence-electron chi connectivity index (χ1n) is 3.79. The van der Waals surface area contributed by atoms with Gasteiger partial charge in [0.25, 0.3) is 6.01 Å². The fourth-order valence-electron chi connectivity index (χ4n) is 1.18. The first-order valence-corrected chi connectivity index (χ1v) is 3.79. The molecule has 5 nitrogen and oxygen atoms in total. The molecule has 0 aliphatic rings. The van der Waals surface area contributed by atoms with E-state index in [9.17, 15) is 4.39 Å². The molecule has 1 aromatic heterocycles. The summed E-state index contributed by atoms with van der Waals surface area (Å²) in [6.45, 7) is 0. The number of nitrogens with zero attached hydrogens (tertiary/aromatic N) is 1. The van der Waals surface area contributed by atoms with E-state index in [1.165, 1.54) is 6.07 Å². The van der Waals surface area contributed by atoms with E-state index in [2.05, 4.69) is 4.98 Å². The molecule has 0 aliphatic heterocycles. The first kappa shape index (κ1) is 8.98. The maximum atomic E-state index is 13.1. The molecule has 72 valence electrons. The second kappa shape index (κ2) is 2.97. The second-order valence-corrected chi connectivity index (χ2v) is 2.77. The van der Waals surface area contributed by atoms with Crippen molar-refractivity contribution in [3.63, 3.8) is 0 Å². The molecule has 0 amide bonds. The minimum Gasteiger partial charge on any atom is -0.424 e. The molecule has 7 heteroatoms. The van der Waals surface area contributed by atoms with Crippen LogP contribution in [0, 0.1) is 5.82 Å². The van der Waals surface area contributed by atoms with Gasteiger partial charge in [0, 0.05) is 11.5 Å². The van der Waals surface area contributed by atoms with Gasteiger partial charge in [-0.05, 0) is 6.07 Å². The Hall–Kier alpha value is -1.60. The van der Waals surface area contributed by atoms with Crippen LogP contribution in [0.1, 0.15) is 0 Å². The highest BCUT2D eigenvalue weighted by atomic mass is 19.1. The maximum Gasteiger partial charge on any atom is 0.491 e. The van der Waals surface area contributed by atoms with Crippen LogP contribution in [0.15, 0.2) is 16.5 Å². The minimum atomic E-state index is -1.88. The molecule has 0 aliphatic carbocycles. The van der Waals surface area contributed by atoms with Crippen molar-refractivity contribution in [2.45, 2.75) is 0 Å². The summed E-state index contributed by atoms with van der Waals surface area (Å²) in [6.07, 6.45) is 0. The van der Waals surface area contributed by atoms with Gasteiger partial charge in [0.05, 0.1) is 0 Å². The highest BCUT2D eigenvalue weighted by Gasteiger charge is 2.19. The molecule has 4 N–H and O–H groups in total. The molecule has 0 spiro atoms. The van der Waals surface area contributed by atoms with Gasteiger partial charge >= 0.3 is 7.12 Å². The van der Waals surface area contributed by atoms with Gasteiger partial charge < -0.3 is 20.2 Å². The summed E-state index contributed by atoms with van der Waals surface area (Å²) in [5.74, 6) is -0.774. The Labute approximate surface area is 78.1 Å². The summed E-state index contributed by atoms with van der Waals surface area (Å²) >= 11 is 0. The van der Waals surface area contributed by atoms with Crippen LogP contribution in [0.25, 0.3) is 11.1 Å². The zero-order chi connectivity index (χ0) is 10.3. The van der Waals surface area contributed by atoms with Gasteiger partial charge in [0.2, 0.25) is 0 Å². The average Bonchev–Trinajstić information content (AvgIpc) is 2.42. The maximum absolute atomic E-state index is 13.1. The van der Waals surface area contributed by atoms with Gasteiger partial charge in [-0.25, -0.2) is 4.39 Å². The molecule has 2 aromatic rings. The Morgan fingerprint density at radius 2 is 2.14 bits per heavy atom. The number of nitrogens with two attached hydrogens (primary N) is 1. The van der Waals surface area contributed by atoms with Crippen molar-refractivity contribution in [2.75, 3.05) is 5.73 Å². The first-order chi connectivity index (χ1) is 6.58. The van der Waals surface area contributed by atoms with Crippen molar-refractivity contribution < 1.29 is 18.9 Å². The highest BCUT2D eigenvalue weighted by Crippen LogP contribution is 2.16. The van der Waals surface area contributed by atoms with Gasteiger partial charge in [-0.15, -0.1) is 0 Å². The topological polar surface area (TPSA) is 92.5 Å². The van der Waals surface area contributed by atoms with Gasteiger partial charge in [0.15, 0.2) is 5.58 Å². The third kappa shape index (κ3) is 1.32. The summed E-state index contributed by atoms with van der Waals surface area (Å²) in [6, 6.07) is 2.09. The summed E-state index contributed by atoms with van der Waals surface area (Å²) in [5.41, 5.74) is 5.44. The summed E-state index contributed by atoms with van der Waals surface area (Å²) in [7, 11) is -1.88. The van der Waals surface area contributed by atoms with E-state index in [0.29, 0.717) is 0 Å². The molecule has 0 unspecified atom stereocenters. The molecule has 14 heavy (non-hydrogen) atoms. The van der Waals surface area contributed by atoms with Crippen molar-refractivity contribution in [3.05, 3.63) is 17.9 Å². The van der Waals surface area contributed by atoms with Crippen LogP contribution in [0.5, 0.6) is 0 Å². The summed E-state index contributed by atoms with van der Waals surface area (Å²) in [5, 5.41) is 17.6. The van der Waals surface area contributed by atoms with Gasteiger partial charge in [0.1, 0.15) is 11.3 Å². The highest BCUT2D eigenvalue weighted by molar-refractivity contribution is 6.59. The molecule has 2 rings (SSSR count). The van der Waals surface area contributed by atoms with Crippen LogP contribution in [-0.2, 0) is 0 Å². The molecule has 0 radical (unpaired) electrons. The number of oxazole rings is 1. The lowest BCUT2D eigenvalue weighted by Crippen LogP contribution is -2.32. The third-order valence-electron chi connectivity index (χ3n) is 1.80. The zero-order valence-electron chi connectivity index (χ0n) is 6.94. The SMILES string of the molecule is Nc1nc2cc(B(O)O)c(F)cc2o1. The number of hydrogen-bond acceptors (Lipinski definition) is 5. The van der Waals surface area contributed by atoms with E-state index >= 15 is 0 Å². The lowest BCUT2D eigenvalue weighted by molar-refractivity contribution is 0.423. The van der Waals surface area contributed by atoms with E-state index in [1.807, 2.05) is 0 Å². The van der Waals surface area contributed by atoms with Crippen LogP contribution >= 0.6 is 0 Å². The lowest BCUT2D eigenvalue weighted by Gasteiger charge is -1.99. The molecule has 1 aromatic carbocycles. The standard InChI is InChI=1S/C7H6BFN2O3/c9-4-2-6-5(11-7(10)14-6)1-3(4)8(12)13/h1-2,12-13H,(H2,10,11). The van der Waals surface area contributed by atoms with E-state index in [0.717, 1.165) is 6.07 Å². The van der Waals surface area contributed by atoms with E-state index in [4.69, 9.17) is 20.2 Å².